The average molecular weight is 234 g/mol. The minimum atomic E-state index is -0.342. The molecule has 0 amide bonds. The summed E-state index contributed by atoms with van der Waals surface area (Å²) in [5.41, 5.74) is 2.27. The van der Waals surface area contributed by atoms with Crippen LogP contribution in [-0.2, 0) is 0 Å². The van der Waals surface area contributed by atoms with Crippen molar-refractivity contribution in [3.8, 4) is 0 Å². The molecule has 1 aromatic carbocycles. The second kappa shape index (κ2) is 5.52. The van der Waals surface area contributed by atoms with E-state index in [-0.39, 0.29) is 6.10 Å². The van der Waals surface area contributed by atoms with E-state index in [1.54, 1.807) is 0 Å². The van der Waals surface area contributed by atoms with Gasteiger partial charge in [-0.05, 0) is 19.5 Å². The molecule has 0 aliphatic carbocycles. The Morgan fingerprint density at radius 1 is 1.18 bits per heavy atom. The Bertz CT molecular complexity index is 359. The normalized spacial score (nSPS) is 19.4. The van der Waals surface area contributed by atoms with E-state index in [4.69, 9.17) is 0 Å². The molecule has 1 N–H and O–H groups in total. The summed E-state index contributed by atoms with van der Waals surface area (Å²) >= 11 is 0. The molecule has 1 aromatic rings. The van der Waals surface area contributed by atoms with Crippen LogP contribution in [0.4, 0.5) is 5.69 Å². The number of anilines is 1. The van der Waals surface area contributed by atoms with E-state index in [2.05, 4.69) is 29.0 Å². The molecule has 0 bridgehead atoms. The molecule has 3 nitrogen and oxygen atoms in total. The molecule has 1 aliphatic rings. The molecular formula is C14H22N2O. The first kappa shape index (κ1) is 12.4. The second-order valence-electron chi connectivity index (χ2n) is 4.77. The van der Waals surface area contributed by atoms with Crippen molar-refractivity contribution < 1.29 is 5.11 Å². The van der Waals surface area contributed by atoms with Crippen LogP contribution in [0.5, 0.6) is 0 Å². The highest BCUT2D eigenvalue weighted by Crippen LogP contribution is 2.28. The van der Waals surface area contributed by atoms with E-state index in [9.17, 15) is 5.11 Å². The highest BCUT2D eigenvalue weighted by molar-refractivity contribution is 5.55. The number of hydrogen-bond donors (Lipinski definition) is 1. The van der Waals surface area contributed by atoms with Crippen LogP contribution in [-0.4, -0.2) is 43.2 Å². The van der Waals surface area contributed by atoms with Gasteiger partial charge in [0.15, 0.2) is 0 Å². The van der Waals surface area contributed by atoms with Crippen LogP contribution in [0.25, 0.3) is 0 Å². The number of rotatable bonds is 3. The predicted octanol–water partition coefficient (Wildman–Crippen LogP) is 1.88. The third-order valence-corrected chi connectivity index (χ3v) is 3.53. The van der Waals surface area contributed by atoms with Gasteiger partial charge in [-0.3, -0.25) is 0 Å². The summed E-state index contributed by atoms with van der Waals surface area (Å²) in [5, 5.41) is 10.1. The molecule has 0 aromatic heterocycles. The van der Waals surface area contributed by atoms with Gasteiger partial charge in [0.1, 0.15) is 0 Å². The largest absolute Gasteiger partial charge is 0.388 e. The lowest BCUT2D eigenvalue weighted by Gasteiger charge is -2.35. The van der Waals surface area contributed by atoms with Gasteiger partial charge >= 0.3 is 0 Å². The van der Waals surface area contributed by atoms with Crippen molar-refractivity contribution in [2.75, 3.05) is 38.1 Å². The number of benzene rings is 1. The van der Waals surface area contributed by atoms with E-state index in [0.29, 0.717) is 0 Å². The maximum atomic E-state index is 10.1. The molecule has 1 saturated heterocycles. The van der Waals surface area contributed by atoms with Crippen molar-refractivity contribution in [3.05, 3.63) is 29.8 Å². The van der Waals surface area contributed by atoms with Crippen LogP contribution in [0, 0.1) is 0 Å². The first-order valence-electron chi connectivity index (χ1n) is 6.43. The highest BCUT2D eigenvalue weighted by Gasteiger charge is 2.18. The Morgan fingerprint density at radius 3 is 2.47 bits per heavy atom. The fraction of sp³-hybridized carbons (Fsp3) is 0.571. The third-order valence-electron chi connectivity index (χ3n) is 3.53. The summed E-state index contributed by atoms with van der Waals surface area (Å²) in [5.74, 6) is 0. The molecule has 2 rings (SSSR count). The van der Waals surface area contributed by atoms with Gasteiger partial charge in [0.2, 0.25) is 0 Å². The molecule has 1 atom stereocenters. The van der Waals surface area contributed by atoms with Crippen LogP contribution in [0.2, 0.25) is 0 Å². The van der Waals surface area contributed by atoms with Crippen LogP contribution >= 0.6 is 0 Å². The summed E-state index contributed by atoms with van der Waals surface area (Å²) in [7, 11) is 2.16. The lowest BCUT2D eigenvalue weighted by molar-refractivity contribution is 0.173. The number of likely N-dealkylation sites (N-methyl/N-ethyl adjacent to an activating group) is 1. The minimum Gasteiger partial charge on any atom is -0.388 e. The van der Waals surface area contributed by atoms with Crippen LogP contribution < -0.4 is 4.90 Å². The maximum absolute atomic E-state index is 10.1. The molecule has 0 radical (unpaired) electrons. The molecule has 1 fully saturated rings. The zero-order valence-corrected chi connectivity index (χ0v) is 10.8. The van der Waals surface area contributed by atoms with Crippen molar-refractivity contribution in [2.45, 2.75) is 19.4 Å². The Labute approximate surface area is 104 Å². The van der Waals surface area contributed by atoms with E-state index in [1.807, 2.05) is 19.1 Å². The predicted molar refractivity (Wildman–Crippen MR) is 71.4 cm³/mol. The van der Waals surface area contributed by atoms with Gasteiger partial charge in [-0.25, -0.2) is 0 Å². The maximum Gasteiger partial charge on any atom is 0.0807 e. The van der Waals surface area contributed by atoms with Crippen molar-refractivity contribution in [3.63, 3.8) is 0 Å². The molecule has 1 heterocycles. The first-order valence-corrected chi connectivity index (χ1v) is 6.43. The van der Waals surface area contributed by atoms with Crippen LogP contribution in [0.1, 0.15) is 25.0 Å². The number of aliphatic hydroxyl groups excluding tert-OH is 1. The smallest absolute Gasteiger partial charge is 0.0807 e. The molecule has 1 unspecified atom stereocenters. The molecule has 1 aliphatic heterocycles. The second-order valence-corrected chi connectivity index (χ2v) is 4.77. The fourth-order valence-electron chi connectivity index (χ4n) is 2.32. The summed E-state index contributed by atoms with van der Waals surface area (Å²) in [6, 6.07) is 8.23. The topological polar surface area (TPSA) is 26.7 Å². The van der Waals surface area contributed by atoms with Gasteiger partial charge in [-0.2, -0.15) is 0 Å². The standard InChI is InChI=1S/C14H22N2O/c1-3-14(17)12-6-4-5-7-13(12)16-10-8-15(2)9-11-16/h4-7,14,17H,3,8-11H2,1-2H3. The molecule has 17 heavy (non-hydrogen) atoms. The number of nitrogens with zero attached hydrogens (tertiary/aromatic N) is 2. The summed E-state index contributed by atoms with van der Waals surface area (Å²) in [6.07, 6.45) is 0.427. The Balaban J connectivity index is 2.19. The summed E-state index contributed by atoms with van der Waals surface area (Å²) in [6.45, 7) is 6.30. The molecule has 0 spiro atoms. The van der Waals surface area contributed by atoms with Crippen molar-refractivity contribution >= 4 is 5.69 Å². The van der Waals surface area contributed by atoms with Gasteiger partial charge in [-0.15, -0.1) is 0 Å². The van der Waals surface area contributed by atoms with Crippen molar-refractivity contribution in [1.82, 2.24) is 4.90 Å². The molecule has 0 saturated carbocycles. The lowest BCUT2D eigenvalue weighted by Crippen LogP contribution is -2.44. The third kappa shape index (κ3) is 2.79. The average Bonchev–Trinajstić information content (AvgIpc) is 2.39. The van der Waals surface area contributed by atoms with E-state index < -0.39 is 0 Å². The van der Waals surface area contributed by atoms with Crippen molar-refractivity contribution in [1.29, 1.82) is 0 Å². The first-order chi connectivity index (χ1) is 8.22. The van der Waals surface area contributed by atoms with E-state index in [1.165, 1.54) is 5.69 Å². The van der Waals surface area contributed by atoms with Gasteiger partial charge in [0.25, 0.3) is 0 Å². The highest BCUT2D eigenvalue weighted by atomic mass is 16.3. The quantitative estimate of drug-likeness (QED) is 0.865. The zero-order valence-electron chi connectivity index (χ0n) is 10.8. The van der Waals surface area contributed by atoms with Crippen LogP contribution in [0.3, 0.4) is 0 Å². The van der Waals surface area contributed by atoms with E-state index >= 15 is 0 Å². The lowest BCUT2D eigenvalue weighted by atomic mass is 10.0. The number of para-hydroxylation sites is 1. The number of aliphatic hydroxyl groups is 1. The zero-order chi connectivity index (χ0) is 12.3. The van der Waals surface area contributed by atoms with Crippen LogP contribution in [0.15, 0.2) is 24.3 Å². The fourth-order valence-corrected chi connectivity index (χ4v) is 2.32. The summed E-state index contributed by atoms with van der Waals surface area (Å²) < 4.78 is 0. The SMILES string of the molecule is CCC(O)c1ccccc1N1CCN(C)CC1. The van der Waals surface area contributed by atoms with Gasteiger partial charge in [-0.1, -0.05) is 25.1 Å². The Morgan fingerprint density at radius 2 is 1.82 bits per heavy atom. The monoisotopic (exact) mass is 234 g/mol. The molecule has 3 heteroatoms. The Hall–Kier alpha value is -1.06. The minimum absolute atomic E-state index is 0.342. The summed E-state index contributed by atoms with van der Waals surface area (Å²) in [4.78, 5) is 4.73. The number of hydrogen-bond acceptors (Lipinski definition) is 3. The van der Waals surface area contributed by atoms with Gasteiger partial charge in [0, 0.05) is 37.4 Å². The van der Waals surface area contributed by atoms with Crippen molar-refractivity contribution in [2.24, 2.45) is 0 Å². The Kier molecular flexibility index (Phi) is 4.02. The molecule has 94 valence electrons. The van der Waals surface area contributed by atoms with Gasteiger partial charge in [0.05, 0.1) is 6.10 Å². The molecular weight excluding hydrogens is 212 g/mol. The van der Waals surface area contributed by atoms with E-state index in [0.717, 1.165) is 38.2 Å². The van der Waals surface area contributed by atoms with Gasteiger partial charge < -0.3 is 14.9 Å². The number of piperazine rings is 1.